The molecule has 0 bridgehead atoms. The van der Waals surface area contributed by atoms with Gasteiger partial charge in [0.2, 0.25) is 0 Å². The van der Waals surface area contributed by atoms with E-state index < -0.39 is 0 Å². The summed E-state index contributed by atoms with van der Waals surface area (Å²) < 4.78 is 5.71. The van der Waals surface area contributed by atoms with Crippen molar-refractivity contribution in [1.82, 2.24) is 5.32 Å². The molecule has 19 heavy (non-hydrogen) atoms. The highest BCUT2D eigenvalue weighted by Crippen LogP contribution is 2.07. The van der Waals surface area contributed by atoms with Crippen molar-refractivity contribution in [1.29, 1.82) is 0 Å². The molecular weight excluding hydrogens is 234 g/mol. The Kier molecular flexibility index (Phi) is 9.38. The predicted molar refractivity (Wildman–Crippen MR) is 82.5 cm³/mol. The lowest BCUT2D eigenvalue weighted by molar-refractivity contribution is 0.116. The Morgan fingerprint density at radius 1 is 0.947 bits per heavy atom. The summed E-state index contributed by atoms with van der Waals surface area (Å²) in [7, 11) is 1.99. The largest absolute Gasteiger partial charge is 0.377 e. The van der Waals surface area contributed by atoms with Crippen LogP contribution in [-0.2, 0) is 17.8 Å². The summed E-state index contributed by atoms with van der Waals surface area (Å²) in [4.78, 5) is 0. The van der Waals surface area contributed by atoms with Crippen molar-refractivity contribution < 1.29 is 4.74 Å². The Bertz CT molecular complexity index is 308. The number of unbranched alkanes of at least 4 members (excludes halogenated alkanes) is 4. The lowest BCUT2D eigenvalue weighted by Crippen LogP contribution is -2.10. The van der Waals surface area contributed by atoms with Gasteiger partial charge in [0, 0.05) is 6.61 Å². The minimum absolute atomic E-state index is 0.750. The monoisotopic (exact) mass is 263 g/mol. The highest BCUT2D eigenvalue weighted by molar-refractivity contribution is 5.22. The van der Waals surface area contributed by atoms with Crippen molar-refractivity contribution in [3.05, 3.63) is 35.4 Å². The first-order valence-electron chi connectivity index (χ1n) is 7.67. The zero-order valence-electron chi connectivity index (χ0n) is 12.6. The molecule has 0 unspecified atom stereocenters. The van der Waals surface area contributed by atoms with E-state index >= 15 is 0 Å². The van der Waals surface area contributed by atoms with Gasteiger partial charge in [-0.05, 0) is 37.6 Å². The highest BCUT2D eigenvalue weighted by Gasteiger charge is 1.96. The molecule has 1 N–H and O–H groups in total. The second-order valence-electron chi connectivity index (χ2n) is 5.14. The van der Waals surface area contributed by atoms with E-state index in [2.05, 4.69) is 36.5 Å². The second-order valence-corrected chi connectivity index (χ2v) is 5.14. The van der Waals surface area contributed by atoms with Gasteiger partial charge in [0.15, 0.2) is 0 Å². The summed E-state index contributed by atoms with van der Waals surface area (Å²) in [6, 6.07) is 8.78. The summed E-state index contributed by atoms with van der Waals surface area (Å²) in [6.07, 6.45) is 7.60. The molecule has 0 atom stereocenters. The van der Waals surface area contributed by atoms with Crippen LogP contribution in [0.25, 0.3) is 0 Å². The Balaban J connectivity index is 2.09. The van der Waals surface area contributed by atoms with Crippen LogP contribution in [0.3, 0.4) is 0 Å². The molecule has 0 spiro atoms. The molecule has 0 aliphatic carbocycles. The van der Waals surface area contributed by atoms with E-state index in [0.29, 0.717) is 0 Å². The molecule has 1 aromatic rings. The molecule has 0 amide bonds. The summed E-state index contributed by atoms with van der Waals surface area (Å²) in [5.41, 5.74) is 2.67. The average Bonchev–Trinajstić information content (AvgIpc) is 2.45. The zero-order valence-corrected chi connectivity index (χ0v) is 12.6. The molecule has 1 rings (SSSR count). The molecule has 1 aromatic carbocycles. The normalized spacial score (nSPS) is 10.8. The minimum atomic E-state index is 0.750. The van der Waals surface area contributed by atoms with Crippen LogP contribution in [-0.4, -0.2) is 20.2 Å². The topological polar surface area (TPSA) is 21.3 Å². The third-order valence-electron chi connectivity index (χ3n) is 3.35. The van der Waals surface area contributed by atoms with Crippen LogP contribution in [0.1, 0.15) is 50.2 Å². The number of hydrogen-bond donors (Lipinski definition) is 1. The van der Waals surface area contributed by atoms with Crippen LogP contribution < -0.4 is 5.32 Å². The van der Waals surface area contributed by atoms with E-state index in [1.807, 2.05) is 7.05 Å². The van der Waals surface area contributed by atoms with Gasteiger partial charge in [0.25, 0.3) is 0 Å². The molecule has 0 aromatic heterocycles. The smallest absolute Gasteiger partial charge is 0.0716 e. The third-order valence-corrected chi connectivity index (χ3v) is 3.35. The number of likely N-dealkylation sites (N-methyl/N-ethyl adjacent to an activating group) is 1. The fraction of sp³-hybridized carbons (Fsp3) is 0.647. The Hall–Kier alpha value is -0.860. The Morgan fingerprint density at radius 3 is 2.32 bits per heavy atom. The van der Waals surface area contributed by atoms with Crippen LogP contribution >= 0.6 is 0 Å². The van der Waals surface area contributed by atoms with Crippen molar-refractivity contribution >= 4 is 0 Å². The molecule has 108 valence electrons. The van der Waals surface area contributed by atoms with E-state index in [0.717, 1.165) is 26.2 Å². The van der Waals surface area contributed by atoms with Crippen LogP contribution in [0.5, 0.6) is 0 Å². The van der Waals surface area contributed by atoms with Gasteiger partial charge in [-0.25, -0.2) is 0 Å². The first-order valence-corrected chi connectivity index (χ1v) is 7.67. The quantitative estimate of drug-likeness (QED) is 0.611. The van der Waals surface area contributed by atoms with Gasteiger partial charge >= 0.3 is 0 Å². The molecule has 0 saturated heterocycles. The van der Waals surface area contributed by atoms with E-state index in [1.54, 1.807) is 0 Å². The van der Waals surface area contributed by atoms with Gasteiger partial charge in [-0.3, -0.25) is 0 Å². The van der Waals surface area contributed by atoms with Crippen molar-refractivity contribution in [2.75, 3.05) is 20.2 Å². The number of hydrogen-bond acceptors (Lipinski definition) is 2. The van der Waals surface area contributed by atoms with Crippen molar-refractivity contribution in [3.63, 3.8) is 0 Å². The molecule has 0 aliphatic rings. The van der Waals surface area contributed by atoms with Gasteiger partial charge < -0.3 is 10.1 Å². The Morgan fingerprint density at radius 2 is 1.63 bits per heavy atom. The van der Waals surface area contributed by atoms with E-state index in [-0.39, 0.29) is 0 Å². The average molecular weight is 263 g/mol. The fourth-order valence-corrected chi connectivity index (χ4v) is 2.07. The maximum Gasteiger partial charge on any atom is 0.0716 e. The molecule has 2 nitrogen and oxygen atoms in total. The molecule has 2 heteroatoms. The fourth-order valence-electron chi connectivity index (χ4n) is 2.07. The molecule has 0 heterocycles. The summed E-state index contributed by atoms with van der Waals surface area (Å²) >= 11 is 0. The van der Waals surface area contributed by atoms with E-state index in [9.17, 15) is 0 Å². The van der Waals surface area contributed by atoms with Gasteiger partial charge in [0.1, 0.15) is 0 Å². The first kappa shape index (κ1) is 16.2. The maximum atomic E-state index is 5.71. The number of rotatable bonds is 11. The summed E-state index contributed by atoms with van der Waals surface area (Å²) in [5.74, 6) is 0. The number of nitrogens with one attached hydrogen (secondary N) is 1. The van der Waals surface area contributed by atoms with Gasteiger partial charge in [-0.2, -0.15) is 0 Å². The van der Waals surface area contributed by atoms with Crippen molar-refractivity contribution in [2.24, 2.45) is 0 Å². The molecule has 0 radical (unpaired) electrons. The lowest BCUT2D eigenvalue weighted by Gasteiger charge is -2.06. The van der Waals surface area contributed by atoms with Crippen molar-refractivity contribution in [2.45, 2.75) is 52.1 Å². The highest BCUT2D eigenvalue weighted by atomic mass is 16.5. The van der Waals surface area contributed by atoms with Crippen LogP contribution in [0.15, 0.2) is 24.3 Å². The zero-order chi connectivity index (χ0) is 13.8. The Labute approximate surface area is 118 Å². The molecule has 0 fully saturated rings. The van der Waals surface area contributed by atoms with Crippen LogP contribution in [0, 0.1) is 0 Å². The second kappa shape index (κ2) is 11.0. The van der Waals surface area contributed by atoms with Gasteiger partial charge in [-0.15, -0.1) is 0 Å². The molecule has 0 saturated carbocycles. The molecular formula is C17H29NO. The number of ether oxygens (including phenoxy) is 1. The van der Waals surface area contributed by atoms with Crippen LogP contribution in [0.4, 0.5) is 0 Å². The maximum absolute atomic E-state index is 5.71. The summed E-state index contributed by atoms with van der Waals surface area (Å²) in [5, 5.41) is 3.17. The van der Waals surface area contributed by atoms with Crippen molar-refractivity contribution in [3.8, 4) is 0 Å². The SMILES string of the molecule is CCCCCCCOCc1ccc(CCNC)cc1. The predicted octanol–water partition coefficient (Wildman–Crippen LogP) is 3.94. The van der Waals surface area contributed by atoms with Crippen LogP contribution in [0.2, 0.25) is 0 Å². The van der Waals surface area contributed by atoms with E-state index in [4.69, 9.17) is 4.74 Å². The third kappa shape index (κ3) is 8.02. The standard InChI is InChI=1S/C17H29NO/c1-3-4-5-6-7-14-19-15-17-10-8-16(9-11-17)12-13-18-2/h8-11,18H,3-7,12-15H2,1-2H3. The minimum Gasteiger partial charge on any atom is -0.377 e. The van der Waals surface area contributed by atoms with Gasteiger partial charge in [0.05, 0.1) is 6.61 Å². The molecule has 0 aliphatic heterocycles. The van der Waals surface area contributed by atoms with E-state index in [1.165, 1.54) is 43.2 Å². The summed E-state index contributed by atoms with van der Waals surface area (Å²) in [6.45, 7) is 4.93. The lowest BCUT2D eigenvalue weighted by atomic mass is 10.1. The van der Waals surface area contributed by atoms with Gasteiger partial charge in [-0.1, -0.05) is 56.9 Å². The first-order chi connectivity index (χ1) is 9.36. The number of benzene rings is 1.